The van der Waals surface area contributed by atoms with Gasteiger partial charge >= 0.3 is 5.97 Å². The topological polar surface area (TPSA) is 64.4 Å². The quantitative estimate of drug-likeness (QED) is 0.560. The van der Waals surface area contributed by atoms with Crippen LogP contribution in [0, 0.1) is 6.92 Å². The molecule has 0 fully saturated rings. The minimum atomic E-state index is -0.372. The summed E-state index contributed by atoms with van der Waals surface area (Å²) < 4.78 is 6.82. The molecule has 0 spiro atoms. The van der Waals surface area contributed by atoms with E-state index in [0.717, 1.165) is 10.7 Å². The van der Waals surface area contributed by atoms with Crippen molar-refractivity contribution >= 4 is 29.3 Å². The molecule has 1 heterocycles. The predicted molar refractivity (Wildman–Crippen MR) is 99.2 cm³/mol. The second-order valence-corrected chi connectivity index (χ2v) is 6.25. The molecule has 0 aliphatic rings. The zero-order valence-corrected chi connectivity index (χ0v) is 15.8. The van der Waals surface area contributed by atoms with Gasteiger partial charge in [-0.1, -0.05) is 18.2 Å². The highest BCUT2D eigenvalue weighted by Crippen LogP contribution is 2.25. The Kier molecular flexibility index (Phi) is 6.64. The summed E-state index contributed by atoms with van der Waals surface area (Å²) in [6.07, 6.45) is 2.18. The SMILES string of the molecule is CCOC(=O)c1c(C)nn(CCC(=O)N(C)c2ccccc2)c1SC. The van der Waals surface area contributed by atoms with Crippen molar-refractivity contribution < 1.29 is 14.3 Å². The zero-order chi connectivity index (χ0) is 18.4. The molecule has 0 saturated heterocycles. The van der Waals surface area contributed by atoms with Crippen molar-refractivity contribution in [3.63, 3.8) is 0 Å². The number of benzene rings is 1. The number of hydrogen-bond donors (Lipinski definition) is 0. The van der Waals surface area contributed by atoms with Crippen molar-refractivity contribution in [2.24, 2.45) is 0 Å². The molecular weight excluding hydrogens is 338 g/mol. The van der Waals surface area contributed by atoms with Gasteiger partial charge in [0.05, 0.1) is 18.8 Å². The molecule has 1 aromatic carbocycles. The summed E-state index contributed by atoms with van der Waals surface area (Å²) in [5, 5.41) is 5.14. The van der Waals surface area contributed by atoms with Gasteiger partial charge in [0.1, 0.15) is 10.6 Å². The van der Waals surface area contributed by atoms with Crippen LogP contribution in [-0.2, 0) is 16.1 Å². The Morgan fingerprint density at radius 3 is 2.56 bits per heavy atom. The van der Waals surface area contributed by atoms with E-state index in [2.05, 4.69) is 5.10 Å². The summed E-state index contributed by atoms with van der Waals surface area (Å²) in [5.41, 5.74) is 1.95. The maximum Gasteiger partial charge on any atom is 0.342 e. The third-order valence-electron chi connectivity index (χ3n) is 3.81. The third-order valence-corrected chi connectivity index (χ3v) is 4.61. The number of esters is 1. The van der Waals surface area contributed by atoms with Crippen LogP contribution in [0.1, 0.15) is 29.4 Å². The van der Waals surface area contributed by atoms with Crippen LogP contribution in [0.4, 0.5) is 5.69 Å². The van der Waals surface area contributed by atoms with Gasteiger partial charge in [-0.05, 0) is 32.2 Å². The van der Waals surface area contributed by atoms with Gasteiger partial charge in [-0.3, -0.25) is 9.48 Å². The van der Waals surface area contributed by atoms with Gasteiger partial charge in [0.15, 0.2) is 0 Å². The monoisotopic (exact) mass is 361 g/mol. The van der Waals surface area contributed by atoms with E-state index in [1.807, 2.05) is 36.6 Å². The highest BCUT2D eigenvalue weighted by Gasteiger charge is 2.22. The molecule has 1 aromatic heterocycles. The highest BCUT2D eigenvalue weighted by molar-refractivity contribution is 7.98. The Hall–Kier alpha value is -2.28. The average Bonchev–Trinajstić information content (AvgIpc) is 2.95. The molecule has 7 heteroatoms. The van der Waals surface area contributed by atoms with Gasteiger partial charge in [0, 0.05) is 19.2 Å². The molecule has 0 bridgehead atoms. The van der Waals surface area contributed by atoms with E-state index in [1.165, 1.54) is 11.8 Å². The van der Waals surface area contributed by atoms with E-state index in [-0.39, 0.29) is 11.9 Å². The van der Waals surface area contributed by atoms with Gasteiger partial charge in [-0.2, -0.15) is 5.10 Å². The number of ether oxygens (including phenoxy) is 1. The lowest BCUT2D eigenvalue weighted by molar-refractivity contribution is -0.118. The number of anilines is 1. The standard InChI is InChI=1S/C18H23N3O3S/c1-5-24-18(23)16-13(2)19-21(17(16)25-4)12-11-15(22)20(3)14-9-7-6-8-10-14/h6-10H,5,11-12H2,1-4H3. The Morgan fingerprint density at radius 1 is 1.28 bits per heavy atom. The molecule has 25 heavy (non-hydrogen) atoms. The maximum absolute atomic E-state index is 12.4. The van der Waals surface area contributed by atoms with E-state index >= 15 is 0 Å². The second-order valence-electron chi connectivity index (χ2n) is 5.45. The van der Waals surface area contributed by atoms with E-state index in [4.69, 9.17) is 4.74 Å². The van der Waals surface area contributed by atoms with Gasteiger partial charge in [-0.25, -0.2) is 4.79 Å². The Bertz CT molecular complexity index is 744. The van der Waals surface area contributed by atoms with Gasteiger partial charge in [0.25, 0.3) is 0 Å². The molecule has 0 aliphatic heterocycles. The van der Waals surface area contributed by atoms with Gasteiger partial charge in [-0.15, -0.1) is 11.8 Å². The summed E-state index contributed by atoms with van der Waals surface area (Å²) in [5.74, 6) is -0.382. The lowest BCUT2D eigenvalue weighted by atomic mass is 10.2. The third kappa shape index (κ3) is 4.42. The number of nitrogens with zero attached hydrogens (tertiary/aromatic N) is 3. The van der Waals surface area contributed by atoms with Crippen LogP contribution in [0.15, 0.2) is 35.4 Å². The fourth-order valence-electron chi connectivity index (χ4n) is 2.52. The molecule has 1 amide bonds. The normalized spacial score (nSPS) is 10.6. The van der Waals surface area contributed by atoms with Gasteiger partial charge < -0.3 is 9.64 Å². The van der Waals surface area contributed by atoms with Crippen LogP contribution in [0.25, 0.3) is 0 Å². The first kappa shape index (κ1) is 19.1. The minimum Gasteiger partial charge on any atom is -0.462 e. The summed E-state index contributed by atoms with van der Waals surface area (Å²) in [7, 11) is 1.76. The number of amides is 1. The van der Waals surface area contributed by atoms with Crippen LogP contribution >= 0.6 is 11.8 Å². The summed E-state index contributed by atoms with van der Waals surface area (Å²) >= 11 is 1.43. The number of carbonyl (C=O) groups is 2. The molecule has 2 aromatic rings. The van der Waals surface area contributed by atoms with Crippen molar-refractivity contribution in [1.29, 1.82) is 0 Å². The zero-order valence-electron chi connectivity index (χ0n) is 15.0. The largest absolute Gasteiger partial charge is 0.462 e. The lowest BCUT2D eigenvalue weighted by Crippen LogP contribution is -2.27. The van der Waals surface area contributed by atoms with Crippen LogP contribution in [-0.4, -0.2) is 41.6 Å². The van der Waals surface area contributed by atoms with Crippen molar-refractivity contribution in [2.75, 3.05) is 24.8 Å². The smallest absolute Gasteiger partial charge is 0.342 e. The number of para-hydroxylation sites is 1. The molecule has 0 N–H and O–H groups in total. The highest BCUT2D eigenvalue weighted by atomic mass is 32.2. The second kappa shape index (κ2) is 8.71. The Morgan fingerprint density at radius 2 is 1.96 bits per heavy atom. The van der Waals surface area contributed by atoms with Crippen LogP contribution in [0.2, 0.25) is 0 Å². The molecular formula is C18H23N3O3S. The number of hydrogen-bond acceptors (Lipinski definition) is 5. The minimum absolute atomic E-state index is 0.0101. The van der Waals surface area contributed by atoms with Crippen molar-refractivity contribution in [2.45, 2.75) is 31.8 Å². The van der Waals surface area contributed by atoms with Crippen LogP contribution in [0.3, 0.4) is 0 Å². The molecule has 0 unspecified atom stereocenters. The van der Waals surface area contributed by atoms with Crippen molar-refractivity contribution in [3.05, 3.63) is 41.6 Å². The molecule has 6 nitrogen and oxygen atoms in total. The Balaban J connectivity index is 2.11. The van der Waals surface area contributed by atoms with Crippen molar-refractivity contribution in [3.8, 4) is 0 Å². The first-order chi connectivity index (χ1) is 12.0. The lowest BCUT2D eigenvalue weighted by Gasteiger charge is -2.17. The number of carbonyl (C=O) groups excluding carboxylic acids is 2. The molecule has 0 atom stereocenters. The first-order valence-corrected chi connectivity index (χ1v) is 9.32. The fourth-order valence-corrected chi connectivity index (χ4v) is 3.30. The van der Waals surface area contributed by atoms with Gasteiger partial charge in [0.2, 0.25) is 5.91 Å². The molecule has 0 aliphatic carbocycles. The number of rotatable bonds is 7. The Labute approximate surface area is 152 Å². The molecule has 0 radical (unpaired) electrons. The predicted octanol–water partition coefficient (Wildman–Crippen LogP) is 3.14. The fraction of sp³-hybridized carbons (Fsp3) is 0.389. The van der Waals surface area contributed by atoms with Crippen LogP contribution in [0.5, 0.6) is 0 Å². The number of aryl methyl sites for hydroxylation is 2. The molecule has 0 saturated carbocycles. The van der Waals surface area contributed by atoms with Crippen molar-refractivity contribution in [1.82, 2.24) is 9.78 Å². The summed E-state index contributed by atoms with van der Waals surface area (Å²) in [4.78, 5) is 26.2. The van der Waals surface area contributed by atoms with E-state index in [1.54, 1.807) is 30.5 Å². The number of aromatic nitrogens is 2. The molecule has 134 valence electrons. The number of thioether (sulfide) groups is 1. The molecule has 2 rings (SSSR count). The van der Waals surface area contributed by atoms with Crippen LogP contribution < -0.4 is 4.90 Å². The summed E-state index contributed by atoms with van der Waals surface area (Å²) in [6, 6.07) is 9.49. The first-order valence-electron chi connectivity index (χ1n) is 8.09. The van der Waals surface area contributed by atoms with E-state index < -0.39 is 0 Å². The average molecular weight is 361 g/mol. The van der Waals surface area contributed by atoms with E-state index in [0.29, 0.717) is 30.8 Å². The summed E-state index contributed by atoms with van der Waals surface area (Å²) in [6.45, 7) is 4.28. The van der Waals surface area contributed by atoms with E-state index in [9.17, 15) is 9.59 Å². The maximum atomic E-state index is 12.4.